The van der Waals surface area contributed by atoms with Crippen molar-refractivity contribution >= 4 is 6.09 Å². The largest absolute Gasteiger partial charge is 0.412 e. The summed E-state index contributed by atoms with van der Waals surface area (Å²) in [6.45, 7) is 6.16. The third kappa shape index (κ3) is 6.21. The summed E-state index contributed by atoms with van der Waals surface area (Å²) < 4.78 is 5.42. The lowest BCUT2D eigenvalue weighted by Gasteiger charge is -2.14. The molecule has 32 heavy (non-hydrogen) atoms. The van der Waals surface area contributed by atoms with Crippen LogP contribution in [0, 0.1) is 0 Å². The highest BCUT2D eigenvalue weighted by molar-refractivity contribution is 5.71. The van der Waals surface area contributed by atoms with Gasteiger partial charge in [0.1, 0.15) is 5.75 Å². The van der Waals surface area contributed by atoms with Gasteiger partial charge in [0.25, 0.3) is 0 Å². The van der Waals surface area contributed by atoms with E-state index in [0.717, 1.165) is 30.5 Å². The molecular weight excluding hydrogens is 396 g/mol. The molecule has 3 aromatic rings. The zero-order chi connectivity index (χ0) is 22.2. The van der Waals surface area contributed by atoms with Crippen molar-refractivity contribution in [2.24, 2.45) is 0 Å². The van der Waals surface area contributed by atoms with Gasteiger partial charge in [0.05, 0.1) is 0 Å². The fraction of sp³-hybridized carbons (Fsp3) is 0.321. The molecule has 4 heteroatoms. The molecule has 0 aromatic heterocycles. The average Bonchev–Trinajstić information content (AvgIpc) is 3.34. The zero-order valence-electron chi connectivity index (χ0n) is 18.8. The van der Waals surface area contributed by atoms with Crippen LogP contribution in [-0.2, 0) is 19.4 Å². The lowest BCUT2D eigenvalue weighted by atomic mass is 10.0. The van der Waals surface area contributed by atoms with Crippen LogP contribution < -0.4 is 10.1 Å². The van der Waals surface area contributed by atoms with E-state index in [-0.39, 0.29) is 0 Å². The third-order valence-electron chi connectivity index (χ3n) is 6.07. The maximum absolute atomic E-state index is 12.1. The van der Waals surface area contributed by atoms with Crippen molar-refractivity contribution in [1.82, 2.24) is 10.2 Å². The number of amides is 1. The Morgan fingerprint density at radius 1 is 0.812 bits per heavy atom. The number of carbonyl (C=O) groups is 1. The van der Waals surface area contributed by atoms with Crippen molar-refractivity contribution < 1.29 is 9.53 Å². The molecule has 1 heterocycles. The SMILES string of the molecule is CCc1ccc(-c2ccc(OC(=O)NCCc3ccc(CN4CCCC4)cc3)cc2)cc1. The van der Waals surface area contributed by atoms with Gasteiger partial charge in [-0.1, -0.05) is 67.6 Å². The molecule has 3 aromatic carbocycles. The molecule has 0 spiro atoms. The number of likely N-dealkylation sites (tertiary alicyclic amines) is 1. The Balaban J connectivity index is 1.20. The first-order chi connectivity index (χ1) is 15.7. The molecule has 0 bridgehead atoms. The number of hydrogen-bond donors (Lipinski definition) is 1. The van der Waals surface area contributed by atoms with Crippen LogP contribution in [0.2, 0.25) is 0 Å². The number of aryl methyl sites for hydroxylation is 1. The van der Waals surface area contributed by atoms with Crippen LogP contribution in [-0.4, -0.2) is 30.6 Å². The van der Waals surface area contributed by atoms with Gasteiger partial charge in [-0.3, -0.25) is 4.90 Å². The summed E-state index contributed by atoms with van der Waals surface area (Å²) in [6.07, 6.45) is 4.03. The van der Waals surface area contributed by atoms with Gasteiger partial charge in [-0.05, 0) is 78.7 Å². The summed E-state index contributed by atoms with van der Waals surface area (Å²) in [6, 6.07) is 24.9. The Labute approximate surface area is 191 Å². The molecular formula is C28H32N2O2. The van der Waals surface area contributed by atoms with Gasteiger partial charge >= 0.3 is 6.09 Å². The number of ether oxygens (including phenoxy) is 1. The molecule has 0 atom stereocenters. The molecule has 1 fully saturated rings. The minimum absolute atomic E-state index is 0.421. The number of rotatable bonds is 8. The van der Waals surface area contributed by atoms with Crippen LogP contribution in [0.5, 0.6) is 5.75 Å². The summed E-state index contributed by atoms with van der Waals surface area (Å²) >= 11 is 0. The second kappa shape index (κ2) is 11.0. The molecule has 0 saturated carbocycles. The molecule has 1 amide bonds. The van der Waals surface area contributed by atoms with Crippen LogP contribution in [0.25, 0.3) is 11.1 Å². The van der Waals surface area contributed by atoms with E-state index in [0.29, 0.717) is 12.3 Å². The Morgan fingerprint density at radius 3 is 2.00 bits per heavy atom. The molecule has 166 valence electrons. The van der Waals surface area contributed by atoms with Crippen LogP contribution in [0.15, 0.2) is 72.8 Å². The first-order valence-corrected chi connectivity index (χ1v) is 11.6. The van der Waals surface area contributed by atoms with Crippen LogP contribution in [0.1, 0.15) is 36.5 Å². The summed E-state index contributed by atoms with van der Waals surface area (Å²) in [4.78, 5) is 14.6. The maximum Gasteiger partial charge on any atom is 0.412 e. The van der Waals surface area contributed by atoms with E-state index in [4.69, 9.17) is 4.74 Å². The van der Waals surface area contributed by atoms with E-state index in [1.54, 1.807) is 0 Å². The Kier molecular flexibility index (Phi) is 7.57. The summed E-state index contributed by atoms with van der Waals surface area (Å²) in [5.74, 6) is 0.544. The van der Waals surface area contributed by atoms with E-state index in [1.165, 1.54) is 42.6 Å². The third-order valence-corrected chi connectivity index (χ3v) is 6.07. The second-order valence-electron chi connectivity index (χ2n) is 8.44. The normalized spacial score (nSPS) is 13.8. The first kappa shape index (κ1) is 22.1. The van der Waals surface area contributed by atoms with Gasteiger partial charge < -0.3 is 10.1 Å². The van der Waals surface area contributed by atoms with Gasteiger partial charge in [0.15, 0.2) is 0 Å². The molecule has 1 saturated heterocycles. The fourth-order valence-corrected chi connectivity index (χ4v) is 4.11. The van der Waals surface area contributed by atoms with Crippen molar-refractivity contribution in [3.8, 4) is 16.9 Å². The van der Waals surface area contributed by atoms with E-state index in [2.05, 4.69) is 65.7 Å². The summed E-state index contributed by atoms with van der Waals surface area (Å²) in [5.41, 5.74) is 6.16. The highest BCUT2D eigenvalue weighted by Crippen LogP contribution is 2.23. The van der Waals surface area contributed by atoms with Crippen molar-refractivity contribution in [1.29, 1.82) is 0 Å². The highest BCUT2D eigenvalue weighted by atomic mass is 16.6. The van der Waals surface area contributed by atoms with Gasteiger partial charge in [-0.2, -0.15) is 0 Å². The van der Waals surface area contributed by atoms with Crippen molar-refractivity contribution in [3.63, 3.8) is 0 Å². The van der Waals surface area contributed by atoms with Crippen LogP contribution in [0.4, 0.5) is 4.79 Å². The number of nitrogens with one attached hydrogen (secondary N) is 1. The first-order valence-electron chi connectivity index (χ1n) is 11.6. The lowest BCUT2D eigenvalue weighted by Crippen LogP contribution is -2.28. The molecule has 0 aliphatic carbocycles. The average molecular weight is 429 g/mol. The molecule has 1 aliphatic rings. The molecule has 4 rings (SSSR count). The molecule has 0 radical (unpaired) electrons. The minimum atomic E-state index is -0.421. The van der Waals surface area contributed by atoms with Crippen molar-refractivity contribution in [3.05, 3.63) is 89.5 Å². The second-order valence-corrected chi connectivity index (χ2v) is 8.44. The van der Waals surface area contributed by atoms with Gasteiger partial charge in [0.2, 0.25) is 0 Å². The monoisotopic (exact) mass is 428 g/mol. The number of nitrogens with zero attached hydrogens (tertiary/aromatic N) is 1. The smallest absolute Gasteiger partial charge is 0.410 e. The van der Waals surface area contributed by atoms with Crippen molar-refractivity contribution in [2.75, 3.05) is 19.6 Å². The Bertz CT molecular complexity index is 989. The van der Waals surface area contributed by atoms with Crippen LogP contribution >= 0.6 is 0 Å². The van der Waals surface area contributed by atoms with Crippen molar-refractivity contribution in [2.45, 2.75) is 39.2 Å². The zero-order valence-corrected chi connectivity index (χ0v) is 18.8. The number of carbonyl (C=O) groups excluding carboxylic acids is 1. The standard InChI is InChI=1S/C28H32N2O2/c1-2-22-9-11-25(12-10-22)26-13-15-27(16-14-26)32-28(31)29-18-17-23-5-7-24(8-6-23)21-30-19-3-4-20-30/h5-16H,2-4,17-21H2,1H3,(H,29,31). The summed E-state index contributed by atoms with van der Waals surface area (Å²) in [5, 5.41) is 2.84. The summed E-state index contributed by atoms with van der Waals surface area (Å²) in [7, 11) is 0. The quantitative estimate of drug-likeness (QED) is 0.490. The number of benzene rings is 3. The number of hydrogen-bond acceptors (Lipinski definition) is 3. The molecule has 1 N–H and O–H groups in total. The lowest BCUT2D eigenvalue weighted by molar-refractivity contribution is 0.200. The van der Waals surface area contributed by atoms with Crippen LogP contribution in [0.3, 0.4) is 0 Å². The van der Waals surface area contributed by atoms with E-state index in [9.17, 15) is 4.79 Å². The minimum Gasteiger partial charge on any atom is -0.410 e. The van der Waals surface area contributed by atoms with Gasteiger partial charge in [-0.25, -0.2) is 4.79 Å². The Morgan fingerprint density at radius 2 is 1.38 bits per heavy atom. The molecule has 0 unspecified atom stereocenters. The predicted octanol–water partition coefficient (Wildman–Crippen LogP) is 5.84. The molecule has 1 aliphatic heterocycles. The van der Waals surface area contributed by atoms with E-state index in [1.807, 2.05) is 24.3 Å². The Hall–Kier alpha value is -3.11. The highest BCUT2D eigenvalue weighted by Gasteiger charge is 2.11. The van der Waals surface area contributed by atoms with E-state index >= 15 is 0 Å². The van der Waals surface area contributed by atoms with Gasteiger partial charge in [-0.15, -0.1) is 0 Å². The fourth-order valence-electron chi connectivity index (χ4n) is 4.11. The maximum atomic E-state index is 12.1. The predicted molar refractivity (Wildman–Crippen MR) is 130 cm³/mol. The topological polar surface area (TPSA) is 41.6 Å². The van der Waals surface area contributed by atoms with Gasteiger partial charge in [0, 0.05) is 13.1 Å². The molecule has 4 nitrogen and oxygen atoms in total. The van der Waals surface area contributed by atoms with E-state index < -0.39 is 6.09 Å².